The molecule has 5 nitrogen and oxygen atoms in total. The molecule has 0 aromatic heterocycles. The summed E-state index contributed by atoms with van der Waals surface area (Å²) in [6.07, 6.45) is -5.08. The average Bonchev–Trinajstić information content (AvgIpc) is 2.50. The molecule has 0 bridgehead atoms. The number of carbonyl (C=O) groups is 2. The molecular weight excluding hydrogens is 388 g/mol. The van der Waals surface area contributed by atoms with Gasteiger partial charge in [-0.05, 0) is 26.0 Å². The van der Waals surface area contributed by atoms with Crippen molar-refractivity contribution in [3.05, 3.63) is 23.0 Å². The number of ketones is 1. The predicted molar refractivity (Wildman–Crippen MR) is 86.5 cm³/mol. The molecule has 1 aromatic carbocycles. The van der Waals surface area contributed by atoms with Crippen LogP contribution in [0.25, 0.3) is 0 Å². The van der Waals surface area contributed by atoms with E-state index in [9.17, 15) is 27.2 Å². The second-order valence-corrected chi connectivity index (χ2v) is 6.30. The van der Waals surface area contributed by atoms with Crippen molar-refractivity contribution in [1.82, 2.24) is 0 Å². The minimum absolute atomic E-state index is 0.000420. The van der Waals surface area contributed by atoms with Gasteiger partial charge in [-0.3, -0.25) is 15.0 Å². The second kappa shape index (κ2) is 9.04. The SMILES string of the molecule is CCOC(=O)C(C)Sc1cc(N/N=C\C(=O)C(F)(F)F)c(F)cc1Cl. The van der Waals surface area contributed by atoms with Gasteiger partial charge in [0.2, 0.25) is 0 Å². The van der Waals surface area contributed by atoms with Gasteiger partial charge in [0.05, 0.1) is 23.5 Å². The van der Waals surface area contributed by atoms with Gasteiger partial charge < -0.3 is 4.74 Å². The number of benzene rings is 1. The summed E-state index contributed by atoms with van der Waals surface area (Å²) in [5.41, 5.74) is 1.69. The average molecular weight is 401 g/mol. The first-order valence-corrected chi connectivity index (χ1v) is 8.04. The zero-order chi connectivity index (χ0) is 19.2. The molecule has 0 aliphatic carbocycles. The van der Waals surface area contributed by atoms with E-state index in [1.807, 2.05) is 5.43 Å². The third-order valence-electron chi connectivity index (χ3n) is 2.59. The Kier molecular flexibility index (Phi) is 7.68. The zero-order valence-electron chi connectivity index (χ0n) is 13.0. The third-order valence-corrected chi connectivity index (χ3v) is 4.15. The van der Waals surface area contributed by atoms with E-state index in [0.717, 1.165) is 23.9 Å². The monoisotopic (exact) mass is 400 g/mol. The van der Waals surface area contributed by atoms with E-state index in [0.29, 0.717) is 0 Å². The van der Waals surface area contributed by atoms with Crippen molar-refractivity contribution >= 4 is 47.0 Å². The lowest BCUT2D eigenvalue weighted by atomic mass is 10.3. The molecule has 0 spiro atoms. The van der Waals surface area contributed by atoms with Gasteiger partial charge >= 0.3 is 12.1 Å². The van der Waals surface area contributed by atoms with Crippen molar-refractivity contribution in [2.24, 2.45) is 5.10 Å². The Balaban J connectivity index is 2.91. The normalized spacial score (nSPS) is 12.9. The van der Waals surface area contributed by atoms with Gasteiger partial charge in [-0.25, -0.2) is 4.39 Å². The molecule has 1 unspecified atom stereocenters. The number of ether oxygens (including phenoxy) is 1. The summed E-state index contributed by atoms with van der Waals surface area (Å²) in [7, 11) is 0. The van der Waals surface area contributed by atoms with E-state index >= 15 is 0 Å². The highest BCUT2D eigenvalue weighted by atomic mass is 35.5. The molecule has 0 aliphatic heterocycles. The number of alkyl halides is 3. The molecule has 0 heterocycles. The number of carbonyl (C=O) groups excluding carboxylic acids is 2. The fourth-order valence-corrected chi connectivity index (χ4v) is 2.62. The Morgan fingerprint density at radius 3 is 2.64 bits per heavy atom. The van der Waals surface area contributed by atoms with Crippen LogP contribution in [-0.4, -0.2) is 36.0 Å². The summed E-state index contributed by atoms with van der Waals surface area (Å²) in [5, 5.41) is 2.41. The van der Waals surface area contributed by atoms with Crippen LogP contribution < -0.4 is 5.43 Å². The van der Waals surface area contributed by atoms with Crippen LogP contribution in [0.2, 0.25) is 5.02 Å². The molecule has 0 amide bonds. The topological polar surface area (TPSA) is 67.8 Å². The number of hydrogen-bond donors (Lipinski definition) is 1. The van der Waals surface area contributed by atoms with E-state index < -0.39 is 29.0 Å². The molecule has 138 valence electrons. The van der Waals surface area contributed by atoms with Gasteiger partial charge in [0.25, 0.3) is 5.78 Å². The molecule has 0 aliphatic rings. The molecule has 1 atom stereocenters. The Morgan fingerprint density at radius 2 is 2.08 bits per heavy atom. The molecular formula is C14H13ClF4N2O3S. The number of Topliss-reactive ketones (excluding diaryl/α,β-unsaturated/α-hetero) is 1. The molecule has 11 heteroatoms. The summed E-state index contributed by atoms with van der Waals surface area (Å²) >= 11 is 6.86. The fourth-order valence-electron chi connectivity index (χ4n) is 1.44. The van der Waals surface area contributed by atoms with Crippen molar-refractivity contribution < 1.29 is 31.9 Å². The Bertz CT molecular complexity index is 683. The van der Waals surface area contributed by atoms with Crippen molar-refractivity contribution in [1.29, 1.82) is 0 Å². The van der Waals surface area contributed by atoms with Crippen LogP contribution >= 0.6 is 23.4 Å². The molecule has 0 fully saturated rings. The van der Waals surface area contributed by atoms with Gasteiger partial charge in [-0.15, -0.1) is 11.8 Å². The lowest BCUT2D eigenvalue weighted by molar-refractivity contribution is -0.162. The summed E-state index contributed by atoms with van der Waals surface area (Å²) in [6.45, 7) is 3.38. The van der Waals surface area contributed by atoms with Crippen molar-refractivity contribution in [3.63, 3.8) is 0 Å². The third kappa shape index (κ3) is 6.54. The predicted octanol–water partition coefficient (Wildman–Crippen LogP) is 4.05. The van der Waals surface area contributed by atoms with Gasteiger partial charge in [-0.2, -0.15) is 18.3 Å². The quantitative estimate of drug-likeness (QED) is 0.246. The zero-order valence-corrected chi connectivity index (χ0v) is 14.6. The van der Waals surface area contributed by atoms with Crippen molar-refractivity contribution in [3.8, 4) is 0 Å². The molecule has 1 N–H and O–H groups in total. The second-order valence-electron chi connectivity index (χ2n) is 4.51. The smallest absolute Gasteiger partial charge is 0.455 e. The maximum absolute atomic E-state index is 13.8. The lowest BCUT2D eigenvalue weighted by Gasteiger charge is -2.13. The first kappa shape index (κ1) is 21.2. The minimum atomic E-state index is -5.07. The Hall–Kier alpha value is -1.81. The highest BCUT2D eigenvalue weighted by Crippen LogP contribution is 2.34. The van der Waals surface area contributed by atoms with E-state index in [2.05, 4.69) is 5.10 Å². The first-order valence-electron chi connectivity index (χ1n) is 6.78. The number of hydrogen-bond acceptors (Lipinski definition) is 6. The highest BCUT2D eigenvalue weighted by molar-refractivity contribution is 8.00. The van der Waals surface area contributed by atoms with Gasteiger partial charge in [0, 0.05) is 4.90 Å². The van der Waals surface area contributed by atoms with Crippen molar-refractivity contribution in [2.75, 3.05) is 12.0 Å². The molecule has 1 rings (SSSR count). The van der Waals surface area contributed by atoms with Gasteiger partial charge in [0.15, 0.2) is 0 Å². The van der Waals surface area contributed by atoms with Crippen LogP contribution in [-0.2, 0) is 14.3 Å². The highest BCUT2D eigenvalue weighted by Gasteiger charge is 2.36. The number of anilines is 1. The first-order chi connectivity index (χ1) is 11.6. The maximum atomic E-state index is 13.8. The largest absolute Gasteiger partial charge is 0.465 e. The summed E-state index contributed by atoms with van der Waals surface area (Å²) in [4.78, 5) is 22.5. The van der Waals surface area contributed by atoms with Crippen LogP contribution in [0, 0.1) is 5.82 Å². The summed E-state index contributed by atoms with van der Waals surface area (Å²) in [6, 6.07) is 2.07. The molecule has 0 radical (unpaired) electrons. The van der Waals surface area contributed by atoms with Crippen LogP contribution in [0.1, 0.15) is 13.8 Å². The van der Waals surface area contributed by atoms with Crippen LogP contribution in [0.15, 0.2) is 22.1 Å². The van der Waals surface area contributed by atoms with E-state index in [1.165, 1.54) is 0 Å². The van der Waals surface area contributed by atoms with Crippen LogP contribution in [0.4, 0.5) is 23.2 Å². The molecule has 1 aromatic rings. The number of thioether (sulfide) groups is 1. The van der Waals surface area contributed by atoms with E-state index in [4.69, 9.17) is 16.3 Å². The molecule has 25 heavy (non-hydrogen) atoms. The number of rotatable bonds is 7. The number of halogens is 5. The Morgan fingerprint density at radius 1 is 1.44 bits per heavy atom. The standard InChI is InChI=1S/C14H13ClF4N2O3S/c1-3-24-13(23)7(2)25-11-5-10(9(16)4-8(11)15)21-20-6-12(22)14(17,18)19/h4-7,21H,3H2,1-2H3/b20-6-. The van der Waals surface area contributed by atoms with Crippen LogP contribution in [0.5, 0.6) is 0 Å². The molecule has 0 saturated carbocycles. The number of nitrogens with zero attached hydrogens (tertiary/aromatic N) is 1. The Labute approximate surface area is 149 Å². The van der Waals surface area contributed by atoms with Gasteiger partial charge in [-0.1, -0.05) is 11.6 Å². The molecule has 0 saturated heterocycles. The number of esters is 1. The van der Waals surface area contributed by atoms with Gasteiger partial charge in [0.1, 0.15) is 11.1 Å². The summed E-state index contributed by atoms with van der Waals surface area (Å²) < 4.78 is 54.7. The lowest BCUT2D eigenvalue weighted by Crippen LogP contribution is -2.24. The number of hydrazone groups is 1. The fraction of sp³-hybridized carbons (Fsp3) is 0.357. The minimum Gasteiger partial charge on any atom is -0.465 e. The van der Waals surface area contributed by atoms with Crippen LogP contribution in [0.3, 0.4) is 0 Å². The van der Waals surface area contributed by atoms with Crippen molar-refractivity contribution in [2.45, 2.75) is 30.2 Å². The van der Waals surface area contributed by atoms with E-state index in [1.54, 1.807) is 13.8 Å². The summed E-state index contributed by atoms with van der Waals surface area (Å²) in [5.74, 6) is -3.59. The maximum Gasteiger partial charge on any atom is 0.455 e. The number of nitrogens with one attached hydrogen (secondary N) is 1. The van der Waals surface area contributed by atoms with E-state index in [-0.39, 0.29) is 28.4 Å².